The second kappa shape index (κ2) is 11.8. The highest BCUT2D eigenvalue weighted by Gasteiger charge is 2.37. The molecule has 0 saturated carbocycles. The molecule has 1 aromatic rings. The largest absolute Gasteiger partial charge is 0.492 e. The Kier molecular flexibility index (Phi) is 10.5. The summed E-state index contributed by atoms with van der Waals surface area (Å²) < 4.78 is 23.8. The molecule has 0 radical (unpaired) electrons. The lowest BCUT2D eigenvalue weighted by Crippen LogP contribution is -2.59. The molecule has 3 rings (SSSR count). The van der Waals surface area contributed by atoms with Crippen molar-refractivity contribution in [3.05, 3.63) is 30.1 Å². The third kappa shape index (κ3) is 7.04. The van der Waals surface area contributed by atoms with Crippen molar-refractivity contribution < 1.29 is 18.7 Å². The quantitative estimate of drug-likeness (QED) is 0.712. The molecular weight excluding hydrogens is 408 g/mol. The molecule has 0 unspecified atom stereocenters. The van der Waals surface area contributed by atoms with Gasteiger partial charge in [-0.1, -0.05) is 0 Å². The van der Waals surface area contributed by atoms with Gasteiger partial charge in [-0.25, -0.2) is 4.39 Å². The average molecular weight is 438 g/mol. The first-order valence-electron chi connectivity index (χ1n) is 9.33. The standard InChI is InChI=1S/C19H28FN3O3.2ClH/c20-15-1-3-17(4-2-15)26-14-11-23-9-5-16(6-10-23)22-18(24)19(21)7-12-25-13-8-19;;/h1-4,16H,5-14,21H2,(H,22,24);2*1H. The van der Waals surface area contributed by atoms with Crippen LogP contribution in [0.5, 0.6) is 5.75 Å². The number of carbonyl (C=O) groups is 1. The minimum absolute atomic E-state index is 0. The second-order valence-electron chi connectivity index (χ2n) is 7.16. The van der Waals surface area contributed by atoms with Crippen molar-refractivity contribution in [3.8, 4) is 5.75 Å². The summed E-state index contributed by atoms with van der Waals surface area (Å²) in [4.78, 5) is 14.8. The van der Waals surface area contributed by atoms with Gasteiger partial charge in [0.15, 0.2) is 0 Å². The minimum Gasteiger partial charge on any atom is -0.492 e. The Morgan fingerprint density at radius 2 is 1.82 bits per heavy atom. The summed E-state index contributed by atoms with van der Waals surface area (Å²) in [6.45, 7) is 4.31. The number of nitrogens with two attached hydrogens (primary N) is 1. The summed E-state index contributed by atoms with van der Waals surface area (Å²) in [7, 11) is 0. The third-order valence-electron chi connectivity index (χ3n) is 5.25. The van der Waals surface area contributed by atoms with Crippen LogP contribution in [0.25, 0.3) is 0 Å². The highest BCUT2D eigenvalue weighted by atomic mass is 35.5. The number of hydrogen-bond donors (Lipinski definition) is 2. The number of carbonyl (C=O) groups excluding carboxylic acids is 1. The van der Waals surface area contributed by atoms with Crippen LogP contribution in [-0.4, -0.2) is 61.8 Å². The number of likely N-dealkylation sites (tertiary alicyclic amines) is 1. The van der Waals surface area contributed by atoms with Crippen molar-refractivity contribution in [1.82, 2.24) is 10.2 Å². The number of amides is 1. The summed E-state index contributed by atoms with van der Waals surface area (Å²) in [6.07, 6.45) is 2.99. The number of halogens is 3. The van der Waals surface area contributed by atoms with E-state index in [-0.39, 0.29) is 42.6 Å². The highest BCUT2D eigenvalue weighted by molar-refractivity contribution is 5.86. The molecule has 2 aliphatic rings. The van der Waals surface area contributed by atoms with Crippen molar-refractivity contribution in [1.29, 1.82) is 0 Å². The maximum atomic E-state index is 12.9. The molecule has 6 nitrogen and oxygen atoms in total. The van der Waals surface area contributed by atoms with E-state index in [0.29, 0.717) is 38.4 Å². The molecule has 0 atom stereocenters. The average Bonchev–Trinajstić information content (AvgIpc) is 2.65. The SMILES string of the molecule is Cl.Cl.NC1(C(=O)NC2CCN(CCOc3ccc(F)cc3)CC2)CCOCC1. The van der Waals surface area contributed by atoms with Crippen LogP contribution in [0.15, 0.2) is 24.3 Å². The van der Waals surface area contributed by atoms with Gasteiger partial charge >= 0.3 is 0 Å². The maximum absolute atomic E-state index is 12.9. The Balaban J connectivity index is 0.00000196. The monoisotopic (exact) mass is 437 g/mol. The van der Waals surface area contributed by atoms with E-state index < -0.39 is 5.54 Å². The van der Waals surface area contributed by atoms with Crippen LogP contribution in [0.3, 0.4) is 0 Å². The molecule has 28 heavy (non-hydrogen) atoms. The topological polar surface area (TPSA) is 76.8 Å². The van der Waals surface area contributed by atoms with E-state index in [1.54, 1.807) is 12.1 Å². The number of hydrogen-bond acceptors (Lipinski definition) is 5. The van der Waals surface area contributed by atoms with Crippen LogP contribution in [0, 0.1) is 5.82 Å². The zero-order chi connectivity index (χ0) is 18.4. The molecule has 0 aliphatic carbocycles. The Morgan fingerprint density at radius 3 is 2.43 bits per heavy atom. The number of ether oxygens (including phenoxy) is 2. The predicted molar refractivity (Wildman–Crippen MR) is 111 cm³/mol. The van der Waals surface area contributed by atoms with Gasteiger partial charge in [-0.2, -0.15) is 0 Å². The lowest BCUT2D eigenvalue weighted by molar-refractivity contribution is -0.130. The third-order valence-corrected chi connectivity index (χ3v) is 5.25. The fourth-order valence-corrected chi connectivity index (χ4v) is 3.42. The van der Waals surface area contributed by atoms with Gasteiger partial charge in [-0.15, -0.1) is 24.8 Å². The molecule has 2 saturated heterocycles. The van der Waals surface area contributed by atoms with Gasteiger partial charge in [0.2, 0.25) is 5.91 Å². The number of nitrogens with one attached hydrogen (secondary N) is 1. The molecule has 9 heteroatoms. The molecular formula is C19H30Cl2FN3O3. The zero-order valence-corrected chi connectivity index (χ0v) is 17.5. The van der Waals surface area contributed by atoms with Crippen LogP contribution in [0.4, 0.5) is 4.39 Å². The molecule has 0 aromatic heterocycles. The van der Waals surface area contributed by atoms with E-state index >= 15 is 0 Å². The first-order valence-corrected chi connectivity index (χ1v) is 9.33. The fraction of sp³-hybridized carbons (Fsp3) is 0.632. The molecule has 1 amide bonds. The van der Waals surface area contributed by atoms with Gasteiger partial charge in [0.1, 0.15) is 18.2 Å². The van der Waals surface area contributed by atoms with Gasteiger partial charge in [0, 0.05) is 38.9 Å². The predicted octanol–water partition coefficient (Wildman–Crippen LogP) is 2.14. The summed E-state index contributed by atoms with van der Waals surface area (Å²) in [5, 5.41) is 3.12. The number of nitrogens with zero attached hydrogens (tertiary/aromatic N) is 1. The lowest BCUT2D eigenvalue weighted by atomic mass is 9.89. The Labute approximate surface area is 178 Å². The van der Waals surface area contributed by atoms with Crippen molar-refractivity contribution in [3.63, 3.8) is 0 Å². The molecule has 3 N–H and O–H groups in total. The number of rotatable bonds is 6. The van der Waals surface area contributed by atoms with E-state index in [1.165, 1.54) is 12.1 Å². The molecule has 2 aliphatic heterocycles. The molecule has 1 aromatic carbocycles. The molecule has 2 heterocycles. The van der Waals surface area contributed by atoms with E-state index in [2.05, 4.69) is 10.2 Å². The molecule has 160 valence electrons. The second-order valence-corrected chi connectivity index (χ2v) is 7.16. The molecule has 2 fully saturated rings. The van der Waals surface area contributed by atoms with Crippen molar-refractivity contribution in [2.24, 2.45) is 5.73 Å². The maximum Gasteiger partial charge on any atom is 0.240 e. The van der Waals surface area contributed by atoms with Crippen LogP contribution < -0.4 is 15.8 Å². The van der Waals surface area contributed by atoms with Crippen molar-refractivity contribution in [2.75, 3.05) is 39.5 Å². The number of benzene rings is 1. The van der Waals surface area contributed by atoms with Crippen LogP contribution in [-0.2, 0) is 9.53 Å². The molecule has 0 bridgehead atoms. The van der Waals surface area contributed by atoms with E-state index in [4.69, 9.17) is 15.2 Å². The van der Waals surface area contributed by atoms with E-state index in [0.717, 1.165) is 32.5 Å². The zero-order valence-electron chi connectivity index (χ0n) is 15.9. The van der Waals surface area contributed by atoms with E-state index in [9.17, 15) is 9.18 Å². The van der Waals surface area contributed by atoms with Gasteiger partial charge in [-0.05, 0) is 49.9 Å². The minimum atomic E-state index is -0.779. The summed E-state index contributed by atoms with van der Waals surface area (Å²) >= 11 is 0. The molecule has 0 spiro atoms. The first-order chi connectivity index (χ1) is 12.5. The van der Waals surface area contributed by atoms with Gasteiger partial charge in [-0.3, -0.25) is 9.69 Å². The first kappa shape index (κ1) is 24.9. The normalized spacial score (nSPS) is 19.8. The van der Waals surface area contributed by atoms with Crippen LogP contribution >= 0.6 is 24.8 Å². The van der Waals surface area contributed by atoms with Gasteiger partial charge < -0.3 is 20.5 Å². The van der Waals surface area contributed by atoms with Gasteiger partial charge in [0.05, 0.1) is 5.54 Å². The number of piperidine rings is 1. The summed E-state index contributed by atoms with van der Waals surface area (Å²) in [5.74, 6) is 0.374. The van der Waals surface area contributed by atoms with Crippen LogP contribution in [0.1, 0.15) is 25.7 Å². The van der Waals surface area contributed by atoms with Gasteiger partial charge in [0.25, 0.3) is 0 Å². The Bertz CT molecular complexity index is 593. The lowest BCUT2D eigenvalue weighted by Gasteiger charge is -2.36. The Hall–Kier alpha value is -1.12. The summed E-state index contributed by atoms with van der Waals surface area (Å²) in [5.41, 5.74) is 5.46. The fourth-order valence-electron chi connectivity index (χ4n) is 3.42. The van der Waals surface area contributed by atoms with E-state index in [1.807, 2.05) is 0 Å². The van der Waals surface area contributed by atoms with Crippen LogP contribution in [0.2, 0.25) is 0 Å². The summed E-state index contributed by atoms with van der Waals surface area (Å²) in [6, 6.07) is 6.24. The highest BCUT2D eigenvalue weighted by Crippen LogP contribution is 2.19. The smallest absolute Gasteiger partial charge is 0.240 e. The Morgan fingerprint density at radius 1 is 1.21 bits per heavy atom. The van der Waals surface area contributed by atoms with Crippen molar-refractivity contribution in [2.45, 2.75) is 37.3 Å². The van der Waals surface area contributed by atoms with Crippen molar-refractivity contribution >= 4 is 30.7 Å².